The Morgan fingerprint density at radius 3 is 3.21 bits per heavy atom. The maximum Gasteiger partial charge on any atom is 0.0781 e. The number of hydrogen-bond donors (Lipinski definition) is 4. The summed E-state index contributed by atoms with van der Waals surface area (Å²) < 4.78 is 3.74. The van der Waals surface area contributed by atoms with E-state index in [2.05, 4.69) is 20.4 Å². The molecule has 0 radical (unpaired) electrons. The lowest BCUT2D eigenvalue weighted by Crippen LogP contribution is -2.43. The van der Waals surface area contributed by atoms with Gasteiger partial charge in [-0.15, -0.1) is 5.10 Å². The second kappa shape index (κ2) is 4.28. The van der Waals surface area contributed by atoms with Crippen molar-refractivity contribution >= 4 is 11.5 Å². The summed E-state index contributed by atoms with van der Waals surface area (Å²) in [6.07, 6.45) is -0.161. The molecule has 1 aromatic rings. The summed E-state index contributed by atoms with van der Waals surface area (Å²) in [4.78, 5) is 0. The van der Waals surface area contributed by atoms with Crippen molar-refractivity contribution in [3.8, 4) is 0 Å². The first-order valence-corrected chi connectivity index (χ1v) is 5.29. The minimum Gasteiger partial charge on any atom is -0.392 e. The van der Waals surface area contributed by atoms with Gasteiger partial charge in [-0.3, -0.25) is 5.43 Å². The van der Waals surface area contributed by atoms with E-state index in [1.165, 1.54) is 11.5 Å². The molecular formula is C7H13N5OS. The van der Waals surface area contributed by atoms with Gasteiger partial charge in [0.05, 0.1) is 18.0 Å². The van der Waals surface area contributed by atoms with Crippen LogP contribution in [-0.4, -0.2) is 33.5 Å². The summed E-state index contributed by atoms with van der Waals surface area (Å²) in [7, 11) is 0. The van der Waals surface area contributed by atoms with E-state index in [1.54, 1.807) is 0 Å². The summed E-state index contributed by atoms with van der Waals surface area (Å²) in [5.74, 6) is 0.0247. The summed E-state index contributed by atoms with van der Waals surface area (Å²) >= 11 is 1.29. The molecule has 1 fully saturated rings. The first kappa shape index (κ1) is 9.94. The van der Waals surface area contributed by atoms with Gasteiger partial charge >= 0.3 is 0 Å². The van der Waals surface area contributed by atoms with Crippen molar-refractivity contribution < 1.29 is 5.11 Å². The Bertz CT molecular complexity index is 280. The Morgan fingerprint density at radius 1 is 1.79 bits per heavy atom. The van der Waals surface area contributed by atoms with E-state index < -0.39 is 6.10 Å². The highest BCUT2D eigenvalue weighted by molar-refractivity contribution is 7.03. The van der Waals surface area contributed by atoms with Crippen molar-refractivity contribution in [3.05, 3.63) is 11.1 Å². The van der Waals surface area contributed by atoms with E-state index in [0.717, 1.165) is 5.69 Å². The van der Waals surface area contributed by atoms with Crippen LogP contribution in [-0.2, 0) is 6.42 Å². The number of hydrazine groups is 1. The van der Waals surface area contributed by atoms with Crippen LogP contribution in [0.15, 0.2) is 5.38 Å². The van der Waals surface area contributed by atoms with Crippen LogP contribution in [0.3, 0.4) is 0 Å². The Morgan fingerprint density at radius 2 is 2.64 bits per heavy atom. The van der Waals surface area contributed by atoms with Crippen LogP contribution in [0.5, 0.6) is 0 Å². The molecule has 0 spiro atoms. The predicted octanol–water partition coefficient (Wildman–Crippen LogP) is -1.55. The lowest BCUT2D eigenvalue weighted by molar-refractivity contribution is 0.106. The number of aromatic nitrogens is 2. The minimum absolute atomic E-state index is 0.0247. The number of rotatable bonds is 3. The molecule has 1 aliphatic heterocycles. The van der Waals surface area contributed by atoms with Crippen LogP contribution >= 0.6 is 11.5 Å². The number of hydrogen-bond acceptors (Lipinski definition) is 7. The van der Waals surface area contributed by atoms with Crippen molar-refractivity contribution in [1.82, 2.24) is 20.4 Å². The van der Waals surface area contributed by atoms with Crippen LogP contribution in [0, 0.1) is 5.92 Å². The van der Waals surface area contributed by atoms with E-state index in [0.29, 0.717) is 13.0 Å². The summed E-state index contributed by atoms with van der Waals surface area (Å²) in [5, 5.41) is 15.6. The molecule has 1 saturated heterocycles. The zero-order valence-corrected chi connectivity index (χ0v) is 8.37. The van der Waals surface area contributed by atoms with Crippen LogP contribution in [0.2, 0.25) is 0 Å². The van der Waals surface area contributed by atoms with Gasteiger partial charge in [-0.25, -0.2) is 5.43 Å². The van der Waals surface area contributed by atoms with Gasteiger partial charge in [0, 0.05) is 24.3 Å². The molecule has 0 saturated carbocycles. The monoisotopic (exact) mass is 215 g/mol. The average Bonchev–Trinajstić information content (AvgIpc) is 2.75. The van der Waals surface area contributed by atoms with Gasteiger partial charge in [0.2, 0.25) is 0 Å². The topological polar surface area (TPSA) is 96.1 Å². The van der Waals surface area contributed by atoms with Gasteiger partial charge in [0.1, 0.15) is 0 Å². The zero-order valence-electron chi connectivity index (χ0n) is 7.55. The molecule has 6 nitrogen and oxygen atoms in total. The van der Waals surface area contributed by atoms with Crippen LogP contribution in [0.25, 0.3) is 0 Å². The third-order valence-corrected chi connectivity index (χ3v) is 2.94. The van der Waals surface area contributed by atoms with Gasteiger partial charge in [-0.1, -0.05) is 4.49 Å². The molecular weight excluding hydrogens is 202 g/mol. The molecule has 0 amide bonds. The molecule has 0 bridgehead atoms. The van der Waals surface area contributed by atoms with Crippen LogP contribution in [0.4, 0.5) is 0 Å². The maximum absolute atomic E-state index is 9.87. The SMILES string of the molecule is NC1NNCC1C(O)Cc1csnn1. The number of aliphatic hydroxyl groups is 1. The van der Waals surface area contributed by atoms with E-state index in [9.17, 15) is 5.11 Å². The second-order valence-corrected chi connectivity index (χ2v) is 3.99. The quantitative estimate of drug-likeness (QED) is 0.487. The largest absolute Gasteiger partial charge is 0.392 e. The number of nitrogens with two attached hydrogens (primary N) is 1. The van der Waals surface area contributed by atoms with Crippen molar-refractivity contribution in [2.75, 3.05) is 6.54 Å². The molecule has 1 aromatic heterocycles. The van der Waals surface area contributed by atoms with Crippen molar-refractivity contribution in [1.29, 1.82) is 0 Å². The molecule has 5 N–H and O–H groups in total. The van der Waals surface area contributed by atoms with E-state index in [1.807, 2.05) is 5.38 Å². The third kappa shape index (κ3) is 2.07. The maximum atomic E-state index is 9.87. The zero-order chi connectivity index (χ0) is 9.97. The molecule has 7 heteroatoms. The predicted molar refractivity (Wildman–Crippen MR) is 52.2 cm³/mol. The van der Waals surface area contributed by atoms with E-state index in [4.69, 9.17) is 5.73 Å². The normalized spacial score (nSPS) is 29.3. The first-order valence-electron chi connectivity index (χ1n) is 4.45. The lowest BCUT2D eigenvalue weighted by Gasteiger charge is -2.19. The Labute approximate surface area is 85.6 Å². The molecule has 78 valence electrons. The fraction of sp³-hybridized carbons (Fsp3) is 0.714. The van der Waals surface area contributed by atoms with Gasteiger partial charge in [0.25, 0.3) is 0 Å². The van der Waals surface area contributed by atoms with Gasteiger partial charge in [0.15, 0.2) is 0 Å². The highest BCUT2D eigenvalue weighted by Crippen LogP contribution is 2.13. The molecule has 0 aromatic carbocycles. The fourth-order valence-corrected chi connectivity index (χ4v) is 2.01. The highest BCUT2D eigenvalue weighted by atomic mass is 32.1. The van der Waals surface area contributed by atoms with Crippen LogP contribution in [0.1, 0.15) is 5.69 Å². The minimum atomic E-state index is -0.476. The number of nitrogens with zero attached hydrogens (tertiary/aromatic N) is 2. The smallest absolute Gasteiger partial charge is 0.0781 e. The average molecular weight is 215 g/mol. The second-order valence-electron chi connectivity index (χ2n) is 3.38. The Hall–Kier alpha value is -0.600. The Kier molecular flexibility index (Phi) is 3.04. The highest BCUT2D eigenvalue weighted by Gasteiger charge is 2.30. The Balaban J connectivity index is 1.92. The fourth-order valence-electron chi connectivity index (χ4n) is 1.54. The lowest BCUT2D eigenvalue weighted by atomic mass is 9.97. The molecule has 0 aliphatic carbocycles. The van der Waals surface area contributed by atoms with Crippen molar-refractivity contribution in [2.24, 2.45) is 11.7 Å². The summed E-state index contributed by atoms with van der Waals surface area (Å²) in [6.45, 7) is 0.680. The van der Waals surface area contributed by atoms with Crippen molar-refractivity contribution in [3.63, 3.8) is 0 Å². The third-order valence-electron chi connectivity index (χ3n) is 2.39. The number of aliphatic hydroxyl groups excluding tert-OH is 1. The van der Waals surface area contributed by atoms with E-state index in [-0.39, 0.29) is 12.1 Å². The van der Waals surface area contributed by atoms with Crippen molar-refractivity contribution in [2.45, 2.75) is 18.7 Å². The van der Waals surface area contributed by atoms with Gasteiger partial charge < -0.3 is 10.8 Å². The van der Waals surface area contributed by atoms with E-state index >= 15 is 0 Å². The number of nitrogens with one attached hydrogen (secondary N) is 2. The van der Waals surface area contributed by atoms with Gasteiger partial charge in [-0.2, -0.15) is 0 Å². The van der Waals surface area contributed by atoms with Gasteiger partial charge in [-0.05, 0) is 11.5 Å². The molecule has 1 aliphatic rings. The molecule has 3 atom stereocenters. The standard InChI is InChI=1S/C7H13N5OS/c8-7-5(2-9-11-7)6(13)1-4-3-14-12-10-4/h3,5-7,9,11,13H,1-2,8H2. The molecule has 2 heterocycles. The summed E-state index contributed by atoms with van der Waals surface area (Å²) in [6, 6.07) is 0. The first-order chi connectivity index (χ1) is 6.77. The molecule has 14 heavy (non-hydrogen) atoms. The molecule has 2 rings (SSSR count). The van der Waals surface area contributed by atoms with Crippen LogP contribution < -0.4 is 16.6 Å². The molecule has 3 unspecified atom stereocenters. The summed E-state index contributed by atoms with van der Waals surface area (Å²) in [5.41, 5.74) is 12.3.